The molecule has 0 spiro atoms. The second kappa shape index (κ2) is 2.52. The van der Waals surface area contributed by atoms with E-state index in [1.807, 2.05) is 6.92 Å². The summed E-state index contributed by atoms with van der Waals surface area (Å²) in [7, 11) is 0. The van der Waals surface area contributed by atoms with E-state index in [-0.39, 0.29) is 5.56 Å². The molecular weight excluding hydrogens is 126 g/mol. The Kier molecular flexibility index (Phi) is 1.71. The van der Waals surface area contributed by atoms with E-state index in [0.717, 1.165) is 11.1 Å². The van der Waals surface area contributed by atoms with Crippen LogP contribution >= 0.6 is 0 Å². The first-order valence-corrected chi connectivity index (χ1v) is 3.06. The molecule has 0 aliphatic rings. The van der Waals surface area contributed by atoms with Crippen molar-refractivity contribution in [3.63, 3.8) is 0 Å². The Labute approximate surface area is 59.2 Å². The molecule has 1 heterocycles. The third kappa shape index (κ3) is 1.16. The molecule has 1 N–H and O–H groups in total. The molecule has 0 saturated heterocycles. The summed E-state index contributed by atoms with van der Waals surface area (Å²) >= 11 is 0. The lowest BCUT2D eigenvalue weighted by atomic mass is 10.2. The Hall–Kier alpha value is -1.31. The highest BCUT2D eigenvalue weighted by atomic mass is 16.1. The summed E-state index contributed by atoms with van der Waals surface area (Å²) in [5.74, 6) is 0. The Morgan fingerprint density at radius 3 is 2.90 bits per heavy atom. The number of aromatic nitrogens is 1. The van der Waals surface area contributed by atoms with Gasteiger partial charge in [0.25, 0.3) is 0 Å². The summed E-state index contributed by atoms with van der Waals surface area (Å²) in [4.78, 5) is 13.3. The average molecular weight is 135 g/mol. The van der Waals surface area contributed by atoms with Gasteiger partial charge in [0.05, 0.1) is 0 Å². The largest absolute Gasteiger partial charge is 0.329 e. The van der Waals surface area contributed by atoms with Crippen LogP contribution in [0.5, 0.6) is 0 Å². The quantitative estimate of drug-likeness (QED) is 0.619. The number of hydrogen-bond acceptors (Lipinski definition) is 1. The number of aromatic amines is 1. The van der Waals surface area contributed by atoms with E-state index in [9.17, 15) is 4.79 Å². The van der Waals surface area contributed by atoms with Crippen LogP contribution in [0.1, 0.15) is 11.1 Å². The first-order chi connectivity index (χ1) is 4.74. The molecule has 0 unspecified atom stereocenters. The number of H-pyrrole nitrogens is 1. The molecule has 52 valence electrons. The maximum absolute atomic E-state index is 10.7. The monoisotopic (exact) mass is 135 g/mol. The minimum atomic E-state index is -0.0829. The minimum absolute atomic E-state index is 0.0829. The van der Waals surface area contributed by atoms with Crippen LogP contribution in [-0.4, -0.2) is 4.98 Å². The van der Waals surface area contributed by atoms with Crippen molar-refractivity contribution in [1.29, 1.82) is 0 Å². The minimum Gasteiger partial charge on any atom is -0.329 e. The van der Waals surface area contributed by atoms with Crippen LogP contribution in [0.25, 0.3) is 6.08 Å². The van der Waals surface area contributed by atoms with Crippen LogP contribution in [0, 0.1) is 6.92 Å². The van der Waals surface area contributed by atoms with Crippen LogP contribution in [-0.2, 0) is 0 Å². The van der Waals surface area contributed by atoms with Gasteiger partial charge in [0, 0.05) is 12.3 Å². The fraction of sp³-hybridized carbons (Fsp3) is 0.125. The molecule has 0 aliphatic carbocycles. The Morgan fingerprint density at radius 2 is 2.40 bits per heavy atom. The first-order valence-electron chi connectivity index (χ1n) is 3.06. The number of aryl methyl sites for hydroxylation is 1. The standard InChI is InChI=1S/C8H9NO/c1-3-7-4-8(10)9-5-6(7)2/h3-5H,1H2,2H3,(H,9,10). The average Bonchev–Trinajstić information content (AvgIpc) is 1.94. The van der Waals surface area contributed by atoms with E-state index >= 15 is 0 Å². The van der Waals surface area contributed by atoms with E-state index in [2.05, 4.69) is 11.6 Å². The van der Waals surface area contributed by atoms with E-state index in [1.54, 1.807) is 12.3 Å². The van der Waals surface area contributed by atoms with Gasteiger partial charge in [0.2, 0.25) is 5.56 Å². The van der Waals surface area contributed by atoms with Gasteiger partial charge in [-0.15, -0.1) is 0 Å². The van der Waals surface area contributed by atoms with Crippen LogP contribution in [0.3, 0.4) is 0 Å². The molecule has 0 amide bonds. The normalized spacial score (nSPS) is 9.30. The van der Waals surface area contributed by atoms with Gasteiger partial charge < -0.3 is 4.98 Å². The summed E-state index contributed by atoms with van der Waals surface area (Å²) in [6.45, 7) is 5.50. The van der Waals surface area contributed by atoms with Gasteiger partial charge in [-0.25, -0.2) is 0 Å². The van der Waals surface area contributed by atoms with E-state index in [1.165, 1.54) is 6.07 Å². The Morgan fingerprint density at radius 1 is 1.70 bits per heavy atom. The highest BCUT2D eigenvalue weighted by Crippen LogP contribution is 2.02. The van der Waals surface area contributed by atoms with Gasteiger partial charge in [-0.05, 0) is 18.1 Å². The molecule has 1 aromatic rings. The van der Waals surface area contributed by atoms with Gasteiger partial charge >= 0.3 is 0 Å². The van der Waals surface area contributed by atoms with Crippen molar-refractivity contribution in [2.45, 2.75) is 6.92 Å². The van der Waals surface area contributed by atoms with Crippen molar-refractivity contribution < 1.29 is 0 Å². The fourth-order valence-corrected chi connectivity index (χ4v) is 0.779. The number of nitrogens with one attached hydrogen (secondary N) is 1. The van der Waals surface area contributed by atoms with E-state index in [4.69, 9.17) is 0 Å². The molecule has 0 bridgehead atoms. The van der Waals surface area contributed by atoms with Crippen molar-refractivity contribution in [3.8, 4) is 0 Å². The van der Waals surface area contributed by atoms with Gasteiger partial charge in [-0.2, -0.15) is 0 Å². The van der Waals surface area contributed by atoms with Crippen molar-refractivity contribution in [2.75, 3.05) is 0 Å². The Bertz CT molecular complexity index is 298. The molecule has 1 aromatic heterocycles. The van der Waals surface area contributed by atoms with E-state index in [0.29, 0.717) is 0 Å². The van der Waals surface area contributed by atoms with Gasteiger partial charge in [-0.3, -0.25) is 4.79 Å². The predicted molar refractivity (Wildman–Crippen MR) is 41.9 cm³/mol. The Balaban J connectivity index is 3.35. The lowest BCUT2D eigenvalue weighted by Gasteiger charge is -1.95. The molecular formula is C8H9NO. The zero-order valence-corrected chi connectivity index (χ0v) is 5.85. The molecule has 1 rings (SSSR count). The highest BCUT2D eigenvalue weighted by Gasteiger charge is 1.91. The second-order valence-electron chi connectivity index (χ2n) is 2.14. The van der Waals surface area contributed by atoms with Crippen molar-refractivity contribution in [3.05, 3.63) is 40.3 Å². The second-order valence-corrected chi connectivity index (χ2v) is 2.14. The molecule has 2 nitrogen and oxygen atoms in total. The number of rotatable bonds is 1. The van der Waals surface area contributed by atoms with Crippen LogP contribution in [0.15, 0.2) is 23.6 Å². The topological polar surface area (TPSA) is 32.9 Å². The van der Waals surface area contributed by atoms with Crippen molar-refractivity contribution in [2.24, 2.45) is 0 Å². The molecule has 0 saturated carbocycles. The van der Waals surface area contributed by atoms with Gasteiger partial charge in [-0.1, -0.05) is 12.7 Å². The van der Waals surface area contributed by atoms with Crippen LogP contribution in [0.2, 0.25) is 0 Å². The summed E-state index contributed by atoms with van der Waals surface area (Å²) in [5.41, 5.74) is 1.85. The summed E-state index contributed by atoms with van der Waals surface area (Å²) in [6, 6.07) is 1.53. The highest BCUT2D eigenvalue weighted by molar-refractivity contribution is 5.49. The third-order valence-corrected chi connectivity index (χ3v) is 1.39. The number of pyridine rings is 1. The van der Waals surface area contributed by atoms with Gasteiger partial charge in [0.1, 0.15) is 0 Å². The lowest BCUT2D eigenvalue weighted by Crippen LogP contribution is -2.04. The molecule has 0 fully saturated rings. The lowest BCUT2D eigenvalue weighted by molar-refractivity contribution is 1.19. The molecule has 2 heteroatoms. The smallest absolute Gasteiger partial charge is 0.248 e. The van der Waals surface area contributed by atoms with Crippen molar-refractivity contribution in [1.82, 2.24) is 4.98 Å². The fourth-order valence-electron chi connectivity index (χ4n) is 0.779. The van der Waals surface area contributed by atoms with Crippen molar-refractivity contribution >= 4 is 6.08 Å². The summed E-state index contributed by atoms with van der Waals surface area (Å²) in [6.07, 6.45) is 3.35. The predicted octanol–water partition coefficient (Wildman–Crippen LogP) is 1.33. The maximum Gasteiger partial charge on any atom is 0.248 e. The maximum atomic E-state index is 10.7. The first kappa shape index (κ1) is 6.81. The molecule has 0 aliphatic heterocycles. The van der Waals surface area contributed by atoms with Crippen LogP contribution in [0.4, 0.5) is 0 Å². The zero-order chi connectivity index (χ0) is 7.56. The number of hydrogen-bond donors (Lipinski definition) is 1. The van der Waals surface area contributed by atoms with E-state index < -0.39 is 0 Å². The molecule has 0 aromatic carbocycles. The molecule has 0 radical (unpaired) electrons. The third-order valence-electron chi connectivity index (χ3n) is 1.39. The molecule has 0 atom stereocenters. The SMILES string of the molecule is C=Cc1cc(=O)[nH]cc1C. The van der Waals surface area contributed by atoms with Crippen LogP contribution < -0.4 is 5.56 Å². The van der Waals surface area contributed by atoms with Gasteiger partial charge in [0.15, 0.2) is 0 Å². The zero-order valence-electron chi connectivity index (χ0n) is 5.85. The summed E-state index contributed by atoms with van der Waals surface area (Å²) in [5, 5.41) is 0. The molecule has 10 heavy (non-hydrogen) atoms. The summed E-state index contributed by atoms with van der Waals surface area (Å²) < 4.78 is 0.